The van der Waals surface area contributed by atoms with Gasteiger partial charge in [-0.3, -0.25) is 14.6 Å². The molecule has 1 aliphatic rings. The standard InChI is InChI=1S/C26H35N3O2/c1-5-21(6-2)24(30)29-15-9-13-26(19-29,25(31)28(3)4)17-20-10-7-11-22(16-20)23-12-8-14-27-18-23/h7-8,10-12,14,16,18,21H,5-6,9,13,15,17,19H2,1-4H3/t26-/m0/s1. The van der Waals surface area contributed by atoms with Crippen molar-refractivity contribution in [2.45, 2.75) is 46.0 Å². The quantitative estimate of drug-likeness (QED) is 0.665. The molecule has 1 aromatic heterocycles. The molecule has 166 valence electrons. The molecular weight excluding hydrogens is 386 g/mol. The first-order valence-electron chi connectivity index (χ1n) is 11.4. The minimum atomic E-state index is -0.586. The topological polar surface area (TPSA) is 53.5 Å². The van der Waals surface area contributed by atoms with Crippen molar-refractivity contribution in [3.8, 4) is 11.1 Å². The highest BCUT2D eigenvalue weighted by Crippen LogP contribution is 2.37. The molecule has 2 heterocycles. The second-order valence-electron chi connectivity index (χ2n) is 8.98. The van der Waals surface area contributed by atoms with Crippen molar-refractivity contribution in [2.24, 2.45) is 11.3 Å². The van der Waals surface area contributed by atoms with E-state index in [9.17, 15) is 9.59 Å². The van der Waals surface area contributed by atoms with Crippen LogP contribution in [0.25, 0.3) is 11.1 Å². The van der Waals surface area contributed by atoms with Crippen molar-refractivity contribution in [1.82, 2.24) is 14.8 Å². The number of amides is 2. The summed E-state index contributed by atoms with van der Waals surface area (Å²) >= 11 is 0. The van der Waals surface area contributed by atoms with Gasteiger partial charge in [0.05, 0.1) is 5.41 Å². The Labute approximate surface area is 186 Å². The molecule has 0 saturated carbocycles. The van der Waals surface area contributed by atoms with E-state index < -0.39 is 5.41 Å². The van der Waals surface area contributed by atoms with Gasteiger partial charge in [0.25, 0.3) is 0 Å². The monoisotopic (exact) mass is 421 g/mol. The van der Waals surface area contributed by atoms with E-state index in [0.29, 0.717) is 13.0 Å². The Morgan fingerprint density at radius 1 is 1.13 bits per heavy atom. The Hall–Kier alpha value is -2.69. The fourth-order valence-corrected chi connectivity index (χ4v) is 4.87. The molecule has 1 atom stereocenters. The Kier molecular flexibility index (Phi) is 7.47. The van der Waals surface area contributed by atoms with Gasteiger partial charge in [0.2, 0.25) is 11.8 Å². The van der Waals surface area contributed by atoms with Gasteiger partial charge in [0.15, 0.2) is 0 Å². The highest BCUT2D eigenvalue weighted by Gasteiger charge is 2.44. The Balaban J connectivity index is 1.91. The molecule has 1 fully saturated rings. The molecule has 0 N–H and O–H groups in total. The molecule has 1 saturated heterocycles. The zero-order valence-electron chi connectivity index (χ0n) is 19.3. The van der Waals surface area contributed by atoms with Gasteiger partial charge < -0.3 is 9.80 Å². The number of aromatic nitrogens is 1. The largest absolute Gasteiger partial charge is 0.348 e. The summed E-state index contributed by atoms with van der Waals surface area (Å²) in [4.78, 5) is 34.4. The second kappa shape index (κ2) is 10.1. The first-order chi connectivity index (χ1) is 14.9. The lowest BCUT2D eigenvalue weighted by Gasteiger charge is -2.44. The first kappa shape index (κ1) is 23.0. The van der Waals surface area contributed by atoms with Gasteiger partial charge in [-0.05, 0) is 54.9 Å². The van der Waals surface area contributed by atoms with Gasteiger partial charge in [-0.15, -0.1) is 0 Å². The van der Waals surface area contributed by atoms with Crippen LogP contribution in [0.15, 0.2) is 48.8 Å². The summed E-state index contributed by atoms with van der Waals surface area (Å²) in [6.45, 7) is 5.38. The number of hydrogen-bond acceptors (Lipinski definition) is 3. The highest BCUT2D eigenvalue weighted by molar-refractivity contribution is 5.85. The maximum atomic E-state index is 13.4. The summed E-state index contributed by atoms with van der Waals surface area (Å²) in [6, 6.07) is 12.3. The lowest BCUT2D eigenvalue weighted by Crippen LogP contribution is -2.55. The molecule has 0 spiro atoms. The summed E-state index contributed by atoms with van der Waals surface area (Å²) in [5, 5.41) is 0. The molecule has 2 aromatic rings. The number of pyridine rings is 1. The van der Waals surface area contributed by atoms with E-state index in [-0.39, 0.29) is 17.7 Å². The molecular formula is C26H35N3O2. The van der Waals surface area contributed by atoms with Gasteiger partial charge in [0.1, 0.15) is 0 Å². The fraction of sp³-hybridized carbons (Fsp3) is 0.500. The molecule has 5 heteroatoms. The van der Waals surface area contributed by atoms with Crippen molar-refractivity contribution >= 4 is 11.8 Å². The number of nitrogens with zero attached hydrogens (tertiary/aromatic N) is 3. The Morgan fingerprint density at radius 2 is 1.87 bits per heavy atom. The van der Waals surface area contributed by atoms with Crippen molar-refractivity contribution in [3.05, 3.63) is 54.4 Å². The average molecular weight is 422 g/mol. The smallest absolute Gasteiger partial charge is 0.230 e. The summed E-state index contributed by atoms with van der Waals surface area (Å²) in [7, 11) is 3.63. The third-order valence-corrected chi connectivity index (χ3v) is 6.55. The van der Waals surface area contributed by atoms with Gasteiger partial charge in [-0.25, -0.2) is 0 Å². The van der Waals surface area contributed by atoms with E-state index in [0.717, 1.165) is 48.9 Å². The lowest BCUT2D eigenvalue weighted by atomic mass is 9.73. The summed E-state index contributed by atoms with van der Waals surface area (Å²) in [5.74, 6) is 0.352. The maximum Gasteiger partial charge on any atom is 0.230 e. The normalized spacial score (nSPS) is 18.8. The van der Waals surface area contributed by atoms with E-state index in [1.165, 1.54) is 0 Å². The van der Waals surface area contributed by atoms with Crippen LogP contribution in [-0.4, -0.2) is 53.8 Å². The molecule has 1 aromatic carbocycles. The van der Waals surface area contributed by atoms with Crippen LogP contribution in [0.2, 0.25) is 0 Å². The SMILES string of the molecule is CCC(CC)C(=O)N1CCC[C@@](Cc2cccc(-c3cccnc3)c2)(C(=O)N(C)C)C1. The number of benzene rings is 1. The molecule has 0 radical (unpaired) electrons. The first-order valence-corrected chi connectivity index (χ1v) is 11.4. The van der Waals surface area contributed by atoms with Crippen LogP contribution in [0.5, 0.6) is 0 Å². The maximum absolute atomic E-state index is 13.4. The van der Waals surface area contributed by atoms with Crippen molar-refractivity contribution < 1.29 is 9.59 Å². The van der Waals surface area contributed by atoms with Gasteiger partial charge in [-0.2, -0.15) is 0 Å². The third kappa shape index (κ3) is 5.15. The molecule has 0 unspecified atom stereocenters. The summed E-state index contributed by atoms with van der Waals surface area (Å²) in [6.07, 6.45) is 7.59. The molecule has 5 nitrogen and oxygen atoms in total. The summed E-state index contributed by atoms with van der Waals surface area (Å²) < 4.78 is 0. The van der Waals surface area contributed by atoms with Gasteiger partial charge in [-0.1, -0.05) is 44.2 Å². The molecule has 0 bridgehead atoms. The van der Waals surface area contributed by atoms with E-state index in [2.05, 4.69) is 37.0 Å². The van der Waals surface area contributed by atoms with Crippen LogP contribution in [0.4, 0.5) is 0 Å². The zero-order valence-corrected chi connectivity index (χ0v) is 19.3. The number of carbonyl (C=O) groups excluding carboxylic acids is 2. The predicted octanol–water partition coefficient (Wildman–Crippen LogP) is 4.42. The van der Waals surface area contributed by atoms with Crippen LogP contribution >= 0.6 is 0 Å². The van der Waals surface area contributed by atoms with Crippen molar-refractivity contribution in [3.63, 3.8) is 0 Å². The minimum Gasteiger partial charge on any atom is -0.348 e. The number of carbonyl (C=O) groups is 2. The Bertz CT molecular complexity index is 893. The lowest BCUT2D eigenvalue weighted by molar-refractivity contribution is -0.149. The zero-order chi connectivity index (χ0) is 22.4. The van der Waals surface area contributed by atoms with Crippen molar-refractivity contribution in [1.29, 1.82) is 0 Å². The van der Waals surface area contributed by atoms with Crippen LogP contribution in [0.3, 0.4) is 0 Å². The van der Waals surface area contributed by atoms with E-state index >= 15 is 0 Å². The minimum absolute atomic E-state index is 0.0409. The van der Waals surface area contributed by atoms with Crippen LogP contribution < -0.4 is 0 Å². The van der Waals surface area contributed by atoms with Gasteiger partial charge in [0, 0.05) is 45.5 Å². The van der Waals surface area contributed by atoms with E-state index in [1.54, 1.807) is 11.1 Å². The summed E-state index contributed by atoms with van der Waals surface area (Å²) in [5.41, 5.74) is 2.69. The Morgan fingerprint density at radius 3 is 2.52 bits per heavy atom. The fourth-order valence-electron chi connectivity index (χ4n) is 4.87. The third-order valence-electron chi connectivity index (χ3n) is 6.55. The number of piperidine rings is 1. The van der Waals surface area contributed by atoms with Crippen LogP contribution in [-0.2, 0) is 16.0 Å². The van der Waals surface area contributed by atoms with Crippen LogP contribution in [0, 0.1) is 11.3 Å². The molecule has 0 aliphatic carbocycles. The number of rotatable bonds is 7. The number of likely N-dealkylation sites (tertiary alicyclic amines) is 1. The van der Waals surface area contributed by atoms with Gasteiger partial charge >= 0.3 is 0 Å². The molecule has 3 rings (SSSR count). The van der Waals surface area contributed by atoms with Crippen LogP contribution in [0.1, 0.15) is 45.1 Å². The van der Waals surface area contributed by atoms with Crippen molar-refractivity contribution in [2.75, 3.05) is 27.2 Å². The molecule has 31 heavy (non-hydrogen) atoms. The molecule has 2 amide bonds. The average Bonchev–Trinajstić information content (AvgIpc) is 2.80. The predicted molar refractivity (Wildman–Crippen MR) is 124 cm³/mol. The van der Waals surface area contributed by atoms with E-state index in [1.807, 2.05) is 43.4 Å². The number of hydrogen-bond donors (Lipinski definition) is 0. The molecule has 1 aliphatic heterocycles. The second-order valence-corrected chi connectivity index (χ2v) is 8.98. The van der Waals surface area contributed by atoms with E-state index in [4.69, 9.17) is 0 Å². The highest BCUT2D eigenvalue weighted by atomic mass is 16.2.